The maximum Gasteiger partial charge on any atom is 0.319 e. The van der Waals surface area contributed by atoms with Crippen molar-refractivity contribution < 1.29 is 13.2 Å². The van der Waals surface area contributed by atoms with Crippen molar-refractivity contribution >= 4 is 67.2 Å². The number of amides is 2. The van der Waals surface area contributed by atoms with Crippen LogP contribution in [0.2, 0.25) is 10.0 Å². The van der Waals surface area contributed by atoms with Crippen molar-refractivity contribution in [3.05, 3.63) is 69.1 Å². The lowest BCUT2D eigenvalue weighted by atomic mass is 10.1. The molecule has 0 unspecified atom stereocenters. The number of hydrogen-bond acceptors (Lipinski definition) is 6. The summed E-state index contributed by atoms with van der Waals surface area (Å²) in [5.41, 5.74) is 6.50. The Morgan fingerprint density at radius 1 is 1.16 bits per heavy atom. The zero-order valence-electron chi connectivity index (χ0n) is 15.6. The van der Waals surface area contributed by atoms with E-state index in [4.69, 9.17) is 34.3 Å². The summed E-state index contributed by atoms with van der Waals surface area (Å²) in [6.45, 7) is 0.141. The van der Waals surface area contributed by atoms with Crippen LogP contribution in [-0.4, -0.2) is 25.3 Å². The molecule has 3 aromatic rings. The molecule has 1 heterocycles. The van der Waals surface area contributed by atoms with Crippen LogP contribution in [0.5, 0.6) is 0 Å². The standard InChI is InChI=1S/C18H16Cl2N6O3S2/c19-13-4-1-10(7-14(13)20)9-24-17(27)25-15-8-11(2-3-12(15)16(21)22)31(28,29)26-18-23-5-6-30-18/h1-8H,9H2,(H3,21,22)(H,23,26)(H2,24,25,27). The summed E-state index contributed by atoms with van der Waals surface area (Å²) in [6.07, 6.45) is 1.46. The van der Waals surface area contributed by atoms with Crippen molar-refractivity contribution in [1.29, 1.82) is 5.41 Å². The van der Waals surface area contributed by atoms with Gasteiger partial charge in [0.25, 0.3) is 10.0 Å². The number of carbonyl (C=O) groups excluding carboxylic acids is 1. The van der Waals surface area contributed by atoms with Crippen LogP contribution < -0.4 is 21.1 Å². The molecular weight excluding hydrogens is 483 g/mol. The Kier molecular flexibility index (Phi) is 7.01. The lowest BCUT2D eigenvalue weighted by Gasteiger charge is -2.14. The third-order valence-corrected chi connectivity index (χ3v) is 6.82. The van der Waals surface area contributed by atoms with E-state index in [2.05, 4.69) is 20.3 Å². The topological polar surface area (TPSA) is 150 Å². The first-order valence-electron chi connectivity index (χ1n) is 8.55. The van der Waals surface area contributed by atoms with Gasteiger partial charge in [-0.15, -0.1) is 11.3 Å². The third kappa shape index (κ3) is 5.85. The molecule has 6 N–H and O–H groups in total. The molecule has 0 aliphatic rings. The van der Waals surface area contributed by atoms with E-state index in [1.807, 2.05) is 0 Å². The van der Waals surface area contributed by atoms with Crippen molar-refractivity contribution in [2.75, 3.05) is 10.0 Å². The predicted octanol–water partition coefficient (Wildman–Crippen LogP) is 3.86. The fourth-order valence-corrected chi connectivity index (χ4v) is 4.61. The van der Waals surface area contributed by atoms with E-state index in [1.165, 1.54) is 24.4 Å². The number of aromatic nitrogens is 1. The second kappa shape index (κ2) is 9.52. The first kappa shape index (κ1) is 22.8. The second-order valence-corrected chi connectivity index (χ2v) is 9.51. The Morgan fingerprint density at radius 2 is 1.94 bits per heavy atom. The smallest absolute Gasteiger partial charge is 0.319 e. The minimum absolute atomic E-state index is 0.0566. The number of anilines is 2. The lowest BCUT2D eigenvalue weighted by Crippen LogP contribution is -2.29. The summed E-state index contributed by atoms with van der Waals surface area (Å²) in [5.74, 6) is -0.336. The van der Waals surface area contributed by atoms with Crippen LogP contribution in [0.15, 0.2) is 52.9 Å². The van der Waals surface area contributed by atoms with Crippen molar-refractivity contribution in [2.45, 2.75) is 11.4 Å². The molecule has 0 aliphatic heterocycles. The Balaban J connectivity index is 1.78. The molecule has 2 amide bonds. The van der Waals surface area contributed by atoms with Gasteiger partial charge in [-0.1, -0.05) is 29.3 Å². The van der Waals surface area contributed by atoms with E-state index in [9.17, 15) is 13.2 Å². The van der Waals surface area contributed by atoms with E-state index >= 15 is 0 Å². The number of hydrogen-bond donors (Lipinski definition) is 5. The summed E-state index contributed by atoms with van der Waals surface area (Å²) in [6, 6.07) is 8.13. The molecule has 13 heteroatoms. The molecule has 9 nitrogen and oxygen atoms in total. The molecule has 31 heavy (non-hydrogen) atoms. The molecule has 3 rings (SSSR count). The zero-order valence-corrected chi connectivity index (χ0v) is 18.8. The second-order valence-electron chi connectivity index (χ2n) is 6.12. The Bertz CT molecular complexity index is 1230. The van der Waals surface area contributed by atoms with Gasteiger partial charge < -0.3 is 16.4 Å². The van der Waals surface area contributed by atoms with E-state index in [0.717, 1.165) is 11.3 Å². The van der Waals surface area contributed by atoms with Crippen LogP contribution >= 0.6 is 34.5 Å². The maximum atomic E-state index is 12.6. The van der Waals surface area contributed by atoms with E-state index in [-0.39, 0.29) is 33.7 Å². The quantitative estimate of drug-likeness (QED) is 0.247. The molecular formula is C18H16Cl2N6O3S2. The van der Waals surface area contributed by atoms with Gasteiger partial charge in [-0.2, -0.15) is 0 Å². The first-order valence-corrected chi connectivity index (χ1v) is 11.7. The summed E-state index contributed by atoms with van der Waals surface area (Å²) in [4.78, 5) is 16.1. The molecule has 0 saturated carbocycles. The minimum atomic E-state index is -3.96. The summed E-state index contributed by atoms with van der Waals surface area (Å²) < 4.78 is 27.6. The van der Waals surface area contributed by atoms with Crippen molar-refractivity contribution in [3.63, 3.8) is 0 Å². The number of halogens is 2. The number of amidine groups is 1. The van der Waals surface area contributed by atoms with E-state index < -0.39 is 16.1 Å². The highest BCUT2D eigenvalue weighted by Crippen LogP contribution is 2.24. The fraction of sp³-hybridized carbons (Fsp3) is 0.0556. The normalized spacial score (nSPS) is 11.0. The fourth-order valence-electron chi connectivity index (χ4n) is 2.47. The molecule has 0 aliphatic carbocycles. The highest BCUT2D eigenvalue weighted by Gasteiger charge is 2.19. The summed E-state index contributed by atoms with van der Waals surface area (Å²) >= 11 is 13.0. The van der Waals surface area contributed by atoms with Crippen molar-refractivity contribution in [1.82, 2.24) is 10.3 Å². The van der Waals surface area contributed by atoms with Gasteiger partial charge in [0.15, 0.2) is 5.13 Å². The molecule has 0 spiro atoms. The van der Waals surface area contributed by atoms with Crippen LogP contribution in [0.4, 0.5) is 15.6 Å². The number of nitrogens with two attached hydrogens (primary N) is 1. The van der Waals surface area contributed by atoms with Gasteiger partial charge in [-0.25, -0.2) is 18.2 Å². The van der Waals surface area contributed by atoms with Gasteiger partial charge >= 0.3 is 6.03 Å². The highest BCUT2D eigenvalue weighted by atomic mass is 35.5. The lowest BCUT2D eigenvalue weighted by molar-refractivity contribution is 0.251. The molecule has 2 aromatic carbocycles. The SMILES string of the molecule is N=C(N)c1ccc(S(=O)(=O)Nc2nccs2)cc1NC(=O)NCc1ccc(Cl)c(Cl)c1. The monoisotopic (exact) mass is 498 g/mol. The number of nitrogen functional groups attached to an aromatic ring is 1. The zero-order chi connectivity index (χ0) is 22.6. The van der Waals surface area contributed by atoms with Crippen LogP contribution in [0.1, 0.15) is 11.1 Å². The van der Waals surface area contributed by atoms with Gasteiger partial charge in [-0.3, -0.25) is 10.1 Å². The maximum absolute atomic E-state index is 12.6. The van der Waals surface area contributed by atoms with Crippen molar-refractivity contribution in [3.8, 4) is 0 Å². The minimum Gasteiger partial charge on any atom is -0.384 e. The van der Waals surface area contributed by atoms with Crippen LogP contribution in [0.25, 0.3) is 0 Å². The summed E-state index contributed by atoms with van der Waals surface area (Å²) in [5, 5.41) is 15.4. The Hall–Kier alpha value is -2.86. The average molecular weight is 499 g/mol. The Morgan fingerprint density at radius 3 is 2.58 bits per heavy atom. The Labute approximate surface area is 192 Å². The van der Waals surface area contributed by atoms with E-state index in [0.29, 0.717) is 15.6 Å². The molecule has 1 aromatic heterocycles. The van der Waals surface area contributed by atoms with Gasteiger partial charge in [0.05, 0.1) is 20.6 Å². The molecule has 0 fully saturated rings. The molecule has 0 bridgehead atoms. The number of nitrogens with one attached hydrogen (secondary N) is 4. The van der Waals surface area contributed by atoms with Gasteiger partial charge in [0.1, 0.15) is 5.84 Å². The van der Waals surface area contributed by atoms with Gasteiger partial charge in [0.2, 0.25) is 0 Å². The molecule has 0 radical (unpaired) electrons. The van der Waals surface area contributed by atoms with Crippen LogP contribution in [-0.2, 0) is 16.6 Å². The summed E-state index contributed by atoms with van der Waals surface area (Å²) in [7, 11) is -3.96. The van der Waals surface area contributed by atoms with Gasteiger partial charge in [0, 0.05) is 23.7 Å². The van der Waals surface area contributed by atoms with Crippen LogP contribution in [0, 0.1) is 5.41 Å². The van der Waals surface area contributed by atoms with Gasteiger partial charge in [-0.05, 0) is 35.9 Å². The first-order chi connectivity index (χ1) is 14.7. The number of sulfonamides is 1. The average Bonchev–Trinajstić information content (AvgIpc) is 3.21. The molecule has 0 saturated heterocycles. The number of nitrogens with zero attached hydrogens (tertiary/aromatic N) is 1. The van der Waals surface area contributed by atoms with Crippen LogP contribution in [0.3, 0.4) is 0 Å². The number of benzene rings is 2. The van der Waals surface area contributed by atoms with E-state index in [1.54, 1.807) is 23.6 Å². The molecule has 162 valence electrons. The molecule has 0 atom stereocenters. The highest BCUT2D eigenvalue weighted by molar-refractivity contribution is 7.93. The number of carbonyl (C=O) groups is 1. The number of thiazole rings is 1. The predicted molar refractivity (Wildman–Crippen MR) is 123 cm³/mol. The number of urea groups is 1. The largest absolute Gasteiger partial charge is 0.384 e. The third-order valence-electron chi connectivity index (χ3n) is 3.93. The number of rotatable bonds is 7. The van der Waals surface area contributed by atoms with Crippen molar-refractivity contribution in [2.24, 2.45) is 5.73 Å².